The minimum atomic E-state index is -0.257. The van der Waals surface area contributed by atoms with Crippen molar-refractivity contribution in [2.24, 2.45) is 10.9 Å². The number of hydrogen-bond donors (Lipinski definition) is 2. The highest BCUT2D eigenvalue weighted by atomic mass is 32.2. The molecule has 0 aliphatic heterocycles. The molecule has 2 nitrogen and oxygen atoms in total. The Kier molecular flexibility index (Phi) is 3.78. The molecular formula is C13H13FN2S. The third-order valence-electron chi connectivity index (χ3n) is 2.55. The van der Waals surface area contributed by atoms with E-state index in [4.69, 9.17) is 10.9 Å². The summed E-state index contributed by atoms with van der Waals surface area (Å²) in [5, 5.41) is 5.49. The molecule has 0 amide bonds. The Labute approximate surface area is 104 Å². The van der Waals surface area contributed by atoms with Crippen LogP contribution in [0.15, 0.2) is 47.4 Å². The lowest BCUT2D eigenvalue weighted by molar-refractivity contribution is 0.629. The van der Waals surface area contributed by atoms with Crippen molar-refractivity contribution in [1.29, 1.82) is 0 Å². The van der Waals surface area contributed by atoms with Gasteiger partial charge in [-0.3, -0.25) is 5.14 Å². The van der Waals surface area contributed by atoms with E-state index in [2.05, 4.69) is 0 Å². The summed E-state index contributed by atoms with van der Waals surface area (Å²) in [7, 11) is 0. The Morgan fingerprint density at radius 3 is 2.59 bits per heavy atom. The number of hydrogen-bond acceptors (Lipinski definition) is 3. The van der Waals surface area contributed by atoms with Gasteiger partial charge in [-0.25, -0.2) is 4.39 Å². The average Bonchev–Trinajstić information content (AvgIpc) is 2.38. The van der Waals surface area contributed by atoms with Gasteiger partial charge in [0.2, 0.25) is 0 Å². The minimum absolute atomic E-state index is 0.257. The summed E-state index contributed by atoms with van der Waals surface area (Å²) in [5.74, 6) is -0.257. The quantitative estimate of drug-likeness (QED) is 0.821. The fourth-order valence-electron chi connectivity index (χ4n) is 1.66. The van der Waals surface area contributed by atoms with Crippen LogP contribution in [-0.4, -0.2) is 0 Å². The Hall–Kier alpha value is -1.36. The van der Waals surface area contributed by atoms with Gasteiger partial charge in [-0.05, 0) is 41.3 Å². The Balaban J connectivity index is 2.45. The topological polar surface area (TPSA) is 52.0 Å². The van der Waals surface area contributed by atoms with Crippen molar-refractivity contribution in [1.82, 2.24) is 0 Å². The molecule has 4 heteroatoms. The van der Waals surface area contributed by atoms with Crippen molar-refractivity contribution >= 4 is 11.9 Å². The first-order valence-electron chi connectivity index (χ1n) is 5.20. The first-order valence-corrected chi connectivity index (χ1v) is 6.08. The van der Waals surface area contributed by atoms with Gasteiger partial charge in [-0.2, -0.15) is 0 Å². The van der Waals surface area contributed by atoms with Gasteiger partial charge >= 0.3 is 0 Å². The first-order chi connectivity index (χ1) is 8.24. The van der Waals surface area contributed by atoms with E-state index < -0.39 is 0 Å². The van der Waals surface area contributed by atoms with Crippen LogP contribution in [0.1, 0.15) is 5.56 Å². The largest absolute Gasteiger partial charge is 0.326 e. The van der Waals surface area contributed by atoms with Gasteiger partial charge in [0.15, 0.2) is 0 Å². The predicted molar refractivity (Wildman–Crippen MR) is 69.8 cm³/mol. The molecule has 2 rings (SSSR count). The molecule has 0 heterocycles. The van der Waals surface area contributed by atoms with Crippen LogP contribution in [0.3, 0.4) is 0 Å². The lowest BCUT2D eigenvalue weighted by Gasteiger charge is -2.06. The van der Waals surface area contributed by atoms with Crippen molar-refractivity contribution < 1.29 is 4.39 Å². The van der Waals surface area contributed by atoms with Gasteiger partial charge in [0.05, 0.1) is 0 Å². The molecule has 88 valence electrons. The zero-order chi connectivity index (χ0) is 12.3. The lowest BCUT2D eigenvalue weighted by Crippen LogP contribution is -1.97. The number of nitrogens with two attached hydrogens (primary N) is 2. The van der Waals surface area contributed by atoms with Gasteiger partial charge in [-0.15, -0.1) is 0 Å². The second-order valence-electron chi connectivity index (χ2n) is 3.66. The molecule has 2 aromatic rings. The second kappa shape index (κ2) is 5.31. The van der Waals surface area contributed by atoms with Crippen LogP contribution in [0.5, 0.6) is 0 Å². The highest BCUT2D eigenvalue weighted by molar-refractivity contribution is 7.97. The van der Waals surface area contributed by atoms with Crippen molar-refractivity contribution in [3.63, 3.8) is 0 Å². The fraction of sp³-hybridized carbons (Fsp3) is 0.0769. The minimum Gasteiger partial charge on any atom is -0.326 e. The van der Waals surface area contributed by atoms with Crippen LogP contribution in [0.25, 0.3) is 11.1 Å². The molecule has 0 spiro atoms. The van der Waals surface area contributed by atoms with Gasteiger partial charge < -0.3 is 5.73 Å². The zero-order valence-electron chi connectivity index (χ0n) is 9.19. The van der Waals surface area contributed by atoms with E-state index in [1.807, 2.05) is 30.3 Å². The molecule has 0 atom stereocenters. The maximum atomic E-state index is 13.9. The molecule has 0 unspecified atom stereocenters. The van der Waals surface area contributed by atoms with E-state index in [0.29, 0.717) is 12.1 Å². The standard InChI is InChI=1S/C13H13FN2S/c14-13-6-9(8-15)4-5-12(13)10-2-1-3-11(7-10)17-16/h1-7H,8,15-16H2. The van der Waals surface area contributed by atoms with E-state index in [9.17, 15) is 4.39 Å². The summed E-state index contributed by atoms with van der Waals surface area (Å²) in [6.07, 6.45) is 0. The smallest absolute Gasteiger partial charge is 0.131 e. The summed E-state index contributed by atoms with van der Waals surface area (Å²) >= 11 is 1.15. The Morgan fingerprint density at radius 2 is 1.94 bits per heavy atom. The lowest BCUT2D eigenvalue weighted by atomic mass is 10.0. The van der Waals surface area contributed by atoms with E-state index in [0.717, 1.165) is 28.0 Å². The van der Waals surface area contributed by atoms with E-state index in [1.165, 1.54) is 6.07 Å². The summed E-state index contributed by atoms with van der Waals surface area (Å²) in [6, 6.07) is 12.5. The highest BCUT2D eigenvalue weighted by Gasteiger charge is 2.06. The van der Waals surface area contributed by atoms with Crippen LogP contribution in [0.2, 0.25) is 0 Å². The summed E-state index contributed by atoms with van der Waals surface area (Å²) in [5.41, 5.74) is 7.64. The van der Waals surface area contributed by atoms with Crippen molar-refractivity contribution in [2.75, 3.05) is 0 Å². The van der Waals surface area contributed by atoms with Gasteiger partial charge in [0.25, 0.3) is 0 Å². The Bertz CT molecular complexity index is 529. The van der Waals surface area contributed by atoms with E-state index in [1.54, 1.807) is 6.07 Å². The molecule has 0 saturated carbocycles. The number of rotatable bonds is 3. The van der Waals surface area contributed by atoms with Crippen LogP contribution in [-0.2, 0) is 6.54 Å². The fourth-order valence-corrected chi connectivity index (χ4v) is 2.01. The first kappa shape index (κ1) is 12.1. The second-order valence-corrected chi connectivity index (χ2v) is 4.37. The van der Waals surface area contributed by atoms with Crippen LogP contribution < -0.4 is 10.9 Å². The summed E-state index contributed by atoms with van der Waals surface area (Å²) in [6.45, 7) is 0.343. The van der Waals surface area contributed by atoms with E-state index in [-0.39, 0.29) is 5.82 Å². The third kappa shape index (κ3) is 2.66. The highest BCUT2D eigenvalue weighted by Crippen LogP contribution is 2.26. The molecule has 0 radical (unpaired) electrons. The molecule has 0 aliphatic rings. The molecule has 4 N–H and O–H groups in total. The van der Waals surface area contributed by atoms with Crippen LogP contribution >= 0.6 is 11.9 Å². The maximum Gasteiger partial charge on any atom is 0.131 e. The number of benzene rings is 2. The van der Waals surface area contributed by atoms with Crippen molar-refractivity contribution in [3.8, 4) is 11.1 Å². The summed E-state index contributed by atoms with van der Waals surface area (Å²) in [4.78, 5) is 0.907. The molecular weight excluding hydrogens is 235 g/mol. The zero-order valence-corrected chi connectivity index (χ0v) is 10.0. The molecule has 0 aliphatic carbocycles. The van der Waals surface area contributed by atoms with Crippen molar-refractivity contribution in [3.05, 3.63) is 53.8 Å². The summed E-state index contributed by atoms with van der Waals surface area (Å²) < 4.78 is 13.9. The molecule has 0 saturated heterocycles. The molecule has 17 heavy (non-hydrogen) atoms. The number of halogens is 1. The van der Waals surface area contributed by atoms with E-state index >= 15 is 0 Å². The van der Waals surface area contributed by atoms with Crippen LogP contribution in [0, 0.1) is 5.82 Å². The van der Waals surface area contributed by atoms with Gasteiger partial charge in [0, 0.05) is 17.0 Å². The molecule has 0 aromatic heterocycles. The maximum absolute atomic E-state index is 13.9. The van der Waals surface area contributed by atoms with Gasteiger partial charge in [0.1, 0.15) is 5.82 Å². The third-order valence-corrected chi connectivity index (χ3v) is 3.08. The monoisotopic (exact) mass is 248 g/mol. The Morgan fingerprint density at radius 1 is 1.12 bits per heavy atom. The molecule has 0 fully saturated rings. The average molecular weight is 248 g/mol. The molecule has 0 bridgehead atoms. The van der Waals surface area contributed by atoms with Gasteiger partial charge in [-0.1, -0.05) is 24.3 Å². The van der Waals surface area contributed by atoms with Crippen LogP contribution in [0.4, 0.5) is 4.39 Å². The van der Waals surface area contributed by atoms with Crippen molar-refractivity contribution in [2.45, 2.75) is 11.4 Å². The normalized spacial score (nSPS) is 10.5. The SMILES string of the molecule is NCc1ccc(-c2cccc(SN)c2)c(F)c1. The molecule has 2 aromatic carbocycles. The predicted octanol–water partition coefficient (Wildman–Crippen LogP) is 2.92.